The summed E-state index contributed by atoms with van der Waals surface area (Å²) in [6.45, 7) is 5.05. The van der Waals surface area contributed by atoms with E-state index in [4.69, 9.17) is 4.74 Å². The second kappa shape index (κ2) is 5.61. The van der Waals surface area contributed by atoms with Crippen molar-refractivity contribution in [3.8, 4) is 11.4 Å². The number of hydrogen-bond acceptors (Lipinski definition) is 4. The van der Waals surface area contributed by atoms with Gasteiger partial charge in [0.2, 0.25) is 5.43 Å². The van der Waals surface area contributed by atoms with E-state index in [2.05, 4.69) is 17.0 Å². The van der Waals surface area contributed by atoms with Gasteiger partial charge in [-0.25, -0.2) is 0 Å². The molecule has 3 rings (SSSR count). The van der Waals surface area contributed by atoms with Crippen molar-refractivity contribution in [3.05, 3.63) is 52.4 Å². The lowest BCUT2D eigenvalue weighted by molar-refractivity contribution is 0.122. The molecule has 110 valence electrons. The summed E-state index contributed by atoms with van der Waals surface area (Å²) in [7, 11) is 0. The Morgan fingerprint density at radius 2 is 1.67 bits per heavy atom. The van der Waals surface area contributed by atoms with Crippen LogP contribution in [0.25, 0.3) is 5.69 Å². The number of nitrogens with zero attached hydrogens (tertiary/aromatic N) is 2. The van der Waals surface area contributed by atoms with Crippen molar-refractivity contribution in [1.29, 1.82) is 0 Å². The van der Waals surface area contributed by atoms with Crippen LogP contribution in [-0.4, -0.2) is 36.0 Å². The molecule has 2 heterocycles. The number of anilines is 1. The highest BCUT2D eigenvalue weighted by molar-refractivity contribution is 5.52. The number of aromatic hydroxyl groups is 1. The fourth-order valence-electron chi connectivity index (χ4n) is 2.55. The van der Waals surface area contributed by atoms with E-state index in [1.54, 1.807) is 17.7 Å². The lowest BCUT2D eigenvalue weighted by atomic mass is 10.2. The molecule has 0 spiro atoms. The summed E-state index contributed by atoms with van der Waals surface area (Å²) in [5.74, 6) is -0.199. The van der Waals surface area contributed by atoms with E-state index >= 15 is 0 Å². The van der Waals surface area contributed by atoms with Crippen LogP contribution in [0.5, 0.6) is 5.75 Å². The van der Waals surface area contributed by atoms with Gasteiger partial charge in [0.25, 0.3) is 0 Å². The summed E-state index contributed by atoms with van der Waals surface area (Å²) in [6.07, 6.45) is 1.68. The van der Waals surface area contributed by atoms with Crippen molar-refractivity contribution < 1.29 is 9.84 Å². The first-order valence-corrected chi connectivity index (χ1v) is 7.01. The van der Waals surface area contributed by atoms with E-state index < -0.39 is 0 Å². The van der Waals surface area contributed by atoms with Gasteiger partial charge in [-0.1, -0.05) is 0 Å². The van der Waals surface area contributed by atoms with Gasteiger partial charge >= 0.3 is 0 Å². The number of ether oxygens (including phenoxy) is 1. The highest BCUT2D eigenvalue weighted by Crippen LogP contribution is 2.21. The molecule has 1 aliphatic rings. The number of morpholine rings is 1. The molecule has 5 heteroatoms. The number of aromatic nitrogens is 1. The van der Waals surface area contributed by atoms with Crippen LogP contribution in [0.2, 0.25) is 0 Å². The van der Waals surface area contributed by atoms with Crippen molar-refractivity contribution in [2.45, 2.75) is 6.92 Å². The van der Waals surface area contributed by atoms with Crippen LogP contribution >= 0.6 is 0 Å². The number of benzene rings is 1. The summed E-state index contributed by atoms with van der Waals surface area (Å²) >= 11 is 0. The quantitative estimate of drug-likeness (QED) is 0.913. The Bertz CT molecular complexity index is 686. The average Bonchev–Trinajstić information content (AvgIpc) is 2.54. The zero-order valence-electron chi connectivity index (χ0n) is 12.0. The predicted molar refractivity (Wildman–Crippen MR) is 81.5 cm³/mol. The first kappa shape index (κ1) is 13.7. The summed E-state index contributed by atoms with van der Waals surface area (Å²) in [4.78, 5) is 13.7. The zero-order chi connectivity index (χ0) is 14.8. The Labute approximate surface area is 123 Å². The number of pyridine rings is 1. The third-order valence-electron chi connectivity index (χ3n) is 3.82. The van der Waals surface area contributed by atoms with Gasteiger partial charge in [0.05, 0.1) is 18.9 Å². The van der Waals surface area contributed by atoms with Gasteiger partial charge in [-0.2, -0.15) is 0 Å². The van der Waals surface area contributed by atoms with E-state index in [-0.39, 0.29) is 11.2 Å². The second-order valence-corrected chi connectivity index (χ2v) is 5.10. The monoisotopic (exact) mass is 286 g/mol. The van der Waals surface area contributed by atoms with Crippen LogP contribution in [0.4, 0.5) is 5.69 Å². The van der Waals surface area contributed by atoms with Gasteiger partial charge in [-0.3, -0.25) is 4.79 Å². The van der Waals surface area contributed by atoms with Gasteiger partial charge in [-0.15, -0.1) is 0 Å². The SMILES string of the molecule is Cc1c(O)c(=O)ccn1-c1ccc(N2CCOCC2)cc1. The molecule has 0 saturated carbocycles. The van der Waals surface area contributed by atoms with E-state index in [1.165, 1.54) is 6.07 Å². The molecule has 0 unspecified atom stereocenters. The second-order valence-electron chi connectivity index (χ2n) is 5.10. The van der Waals surface area contributed by atoms with E-state index in [1.807, 2.05) is 12.1 Å². The molecule has 1 aliphatic heterocycles. The molecule has 5 nitrogen and oxygen atoms in total. The summed E-state index contributed by atoms with van der Waals surface area (Å²) in [5.41, 5.74) is 2.26. The molecular formula is C16H18N2O3. The van der Waals surface area contributed by atoms with Gasteiger partial charge in [0.15, 0.2) is 5.75 Å². The largest absolute Gasteiger partial charge is 0.503 e. The van der Waals surface area contributed by atoms with Crippen molar-refractivity contribution in [2.75, 3.05) is 31.2 Å². The maximum absolute atomic E-state index is 11.4. The minimum atomic E-state index is -0.353. The van der Waals surface area contributed by atoms with Gasteiger partial charge in [0, 0.05) is 36.7 Å². The molecule has 0 aliphatic carbocycles. The Kier molecular flexibility index (Phi) is 3.66. The lowest BCUT2D eigenvalue weighted by Crippen LogP contribution is -2.36. The zero-order valence-corrected chi connectivity index (χ0v) is 12.0. The van der Waals surface area contributed by atoms with Crippen LogP contribution in [0.15, 0.2) is 41.3 Å². The molecule has 1 saturated heterocycles. The van der Waals surface area contributed by atoms with Crippen molar-refractivity contribution in [3.63, 3.8) is 0 Å². The van der Waals surface area contributed by atoms with Crippen molar-refractivity contribution in [2.24, 2.45) is 0 Å². The van der Waals surface area contributed by atoms with Crippen LogP contribution < -0.4 is 10.3 Å². The maximum Gasteiger partial charge on any atom is 0.223 e. The summed E-state index contributed by atoms with van der Waals surface area (Å²) in [6, 6.07) is 9.45. The van der Waals surface area contributed by atoms with Crippen molar-refractivity contribution in [1.82, 2.24) is 4.57 Å². The summed E-state index contributed by atoms with van der Waals surface area (Å²) in [5, 5.41) is 9.75. The Morgan fingerprint density at radius 3 is 2.33 bits per heavy atom. The Hall–Kier alpha value is -2.27. The standard InChI is InChI=1S/C16H18N2O3/c1-12-16(20)15(19)6-7-18(12)14-4-2-13(3-5-14)17-8-10-21-11-9-17/h2-7,20H,8-11H2,1H3. The predicted octanol–water partition coefficient (Wildman–Crippen LogP) is 1.69. The number of hydrogen-bond donors (Lipinski definition) is 1. The minimum absolute atomic E-state index is 0.199. The summed E-state index contributed by atoms with van der Waals surface area (Å²) < 4.78 is 7.16. The van der Waals surface area contributed by atoms with Gasteiger partial charge < -0.3 is 19.3 Å². The molecule has 1 fully saturated rings. The molecule has 0 bridgehead atoms. The highest BCUT2D eigenvalue weighted by Gasteiger charge is 2.11. The normalized spacial score (nSPS) is 15.2. The van der Waals surface area contributed by atoms with E-state index in [0.717, 1.165) is 37.7 Å². The topological polar surface area (TPSA) is 54.7 Å². The third kappa shape index (κ3) is 2.64. The maximum atomic E-state index is 11.4. The molecule has 0 amide bonds. The molecular weight excluding hydrogens is 268 g/mol. The Morgan fingerprint density at radius 1 is 1.05 bits per heavy atom. The van der Waals surface area contributed by atoms with Gasteiger partial charge in [0.1, 0.15) is 0 Å². The molecule has 1 aromatic heterocycles. The third-order valence-corrected chi connectivity index (χ3v) is 3.82. The first-order chi connectivity index (χ1) is 10.2. The van der Waals surface area contributed by atoms with Crippen LogP contribution in [-0.2, 0) is 4.74 Å². The fourth-order valence-corrected chi connectivity index (χ4v) is 2.55. The van der Waals surface area contributed by atoms with E-state index in [9.17, 15) is 9.90 Å². The lowest BCUT2D eigenvalue weighted by Gasteiger charge is -2.29. The molecule has 2 aromatic rings. The fraction of sp³-hybridized carbons (Fsp3) is 0.312. The van der Waals surface area contributed by atoms with Gasteiger partial charge in [-0.05, 0) is 31.2 Å². The Balaban J connectivity index is 1.90. The molecule has 21 heavy (non-hydrogen) atoms. The van der Waals surface area contributed by atoms with E-state index in [0.29, 0.717) is 5.69 Å². The average molecular weight is 286 g/mol. The molecule has 1 aromatic carbocycles. The van der Waals surface area contributed by atoms with Crippen LogP contribution in [0, 0.1) is 6.92 Å². The number of rotatable bonds is 2. The minimum Gasteiger partial charge on any atom is -0.503 e. The van der Waals surface area contributed by atoms with Crippen LogP contribution in [0.3, 0.4) is 0 Å². The smallest absolute Gasteiger partial charge is 0.223 e. The molecule has 0 atom stereocenters. The highest BCUT2D eigenvalue weighted by atomic mass is 16.5. The molecule has 0 radical (unpaired) electrons. The molecule has 1 N–H and O–H groups in total. The van der Waals surface area contributed by atoms with Crippen LogP contribution in [0.1, 0.15) is 5.69 Å². The van der Waals surface area contributed by atoms with Crippen molar-refractivity contribution >= 4 is 5.69 Å². The first-order valence-electron chi connectivity index (χ1n) is 7.01.